The van der Waals surface area contributed by atoms with Crippen molar-refractivity contribution < 1.29 is 27.1 Å². The lowest BCUT2D eigenvalue weighted by molar-refractivity contribution is -0.147. The summed E-state index contributed by atoms with van der Waals surface area (Å²) in [4.78, 5) is 28.4. The summed E-state index contributed by atoms with van der Waals surface area (Å²) in [6, 6.07) is 10.0. The van der Waals surface area contributed by atoms with Gasteiger partial charge in [-0.1, -0.05) is 6.07 Å². The van der Waals surface area contributed by atoms with Crippen LogP contribution in [0, 0.1) is 5.82 Å². The first kappa shape index (κ1) is 23.4. The Balaban J connectivity index is 1.58. The number of anilines is 1. The number of aryl methyl sites for hydroxylation is 2. The average Bonchev–Trinajstić information content (AvgIpc) is 3.05. The highest BCUT2D eigenvalue weighted by molar-refractivity contribution is 7.89. The van der Waals surface area contributed by atoms with Gasteiger partial charge in [-0.05, 0) is 36.4 Å². The molecule has 170 valence electrons. The molecule has 0 aliphatic carbocycles. The molecule has 0 saturated heterocycles. The minimum absolute atomic E-state index is 0.0206. The SMILES string of the molecule is CN(C)S(=O)(=O)c1ccc2c(c1)nc(CCC(=O)OCC(=O)Nc1cccc(F)c1)n2C. The second-order valence-electron chi connectivity index (χ2n) is 7.24. The molecular formula is C21H23FN4O5S. The third-order valence-corrected chi connectivity index (χ3v) is 6.56. The molecule has 3 rings (SSSR count). The van der Waals surface area contributed by atoms with Gasteiger partial charge in [0.25, 0.3) is 5.91 Å². The summed E-state index contributed by atoms with van der Waals surface area (Å²) < 4.78 is 45.6. The normalized spacial score (nSPS) is 11.7. The van der Waals surface area contributed by atoms with Crippen molar-refractivity contribution in [3.63, 3.8) is 0 Å². The van der Waals surface area contributed by atoms with Crippen molar-refractivity contribution >= 4 is 38.6 Å². The van der Waals surface area contributed by atoms with Crippen LogP contribution in [-0.2, 0) is 37.8 Å². The zero-order valence-electron chi connectivity index (χ0n) is 17.8. The van der Waals surface area contributed by atoms with Gasteiger partial charge in [0.2, 0.25) is 10.0 Å². The topological polar surface area (TPSA) is 111 Å². The number of halogens is 1. The summed E-state index contributed by atoms with van der Waals surface area (Å²) in [6.07, 6.45) is 0.221. The number of rotatable bonds is 8. The van der Waals surface area contributed by atoms with Crippen molar-refractivity contribution in [3.05, 3.63) is 54.1 Å². The number of fused-ring (bicyclic) bond motifs is 1. The van der Waals surface area contributed by atoms with Gasteiger partial charge in [0.1, 0.15) is 11.6 Å². The molecule has 1 heterocycles. The van der Waals surface area contributed by atoms with E-state index in [4.69, 9.17) is 4.74 Å². The molecule has 0 aliphatic rings. The first-order chi connectivity index (χ1) is 15.1. The molecule has 0 fully saturated rings. The minimum Gasteiger partial charge on any atom is -0.456 e. The molecule has 2 aromatic carbocycles. The number of amides is 1. The van der Waals surface area contributed by atoms with Crippen molar-refractivity contribution in [1.82, 2.24) is 13.9 Å². The van der Waals surface area contributed by atoms with Crippen LogP contribution in [0.25, 0.3) is 11.0 Å². The number of nitrogens with zero attached hydrogens (tertiary/aromatic N) is 3. The quantitative estimate of drug-likeness (QED) is 0.513. The average molecular weight is 463 g/mol. The monoisotopic (exact) mass is 462 g/mol. The standard InChI is InChI=1S/C21H23FN4O5S/c1-25(2)32(29,30)16-7-8-18-17(12-16)24-19(26(18)3)9-10-21(28)31-13-20(27)23-15-6-4-5-14(22)11-15/h4-8,11-12H,9-10,13H2,1-3H3,(H,23,27). The van der Waals surface area contributed by atoms with E-state index in [0.717, 1.165) is 15.9 Å². The lowest BCUT2D eigenvalue weighted by Gasteiger charge is -2.10. The van der Waals surface area contributed by atoms with Crippen LogP contribution < -0.4 is 5.32 Å². The van der Waals surface area contributed by atoms with Crippen molar-refractivity contribution in [1.29, 1.82) is 0 Å². The van der Waals surface area contributed by atoms with Crippen molar-refractivity contribution in [3.8, 4) is 0 Å². The smallest absolute Gasteiger partial charge is 0.306 e. The number of ether oxygens (including phenoxy) is 1. The van der Waals surface area contributed by atoms with Crippen molar-refractivity contribution in [2.24, 2.45) is 7.05 Å². The largest absolute Gasteiger partial charge is 0.456 e. The lowest BCUT2D eigenvalue weighted by Crippen LogP contribution is -2.22. The van der Waals surface area contributed by atoms with Crippen LogP contribution in [0.15, 0.2) is 47.4 Å². The zero-order chi connectivity index (χ0) is 23.5. The number of benzene rings is 2. The number of aromatic nitrogens is 2. The number of carbonyl (C=O) groups is 2. The molecule has 1 N–H and O–H groups in total. The molecule has 32 heavy (non-hydrogen) atoms. The Hall–Kier alpha value is -3.31. The Bertz CT molecular complexity index is 1270. The maximum absolute atomic E-state index is 13.1. The molecule has 1 amide bonds. The van der Waals surface area contributed by atoms with Crippen molar-refractivity contribution in [2.45, 2.75) is 17.7 Å². The predicted octanol–water partition coefficient (Wildman–Crippen LogP) is 2.08. The van der Waals surface area contributed by atoms with Gasteiger partial charge in [-0.15, -0.1) is 0 Å². The van der Waals surface area contributed by atoms with Gasteiger partial charge < -0.3 is 14.6 Å². The number of sulfonamides is 1. The van der Waals surface area contributed by atoms with Gasteiger partial charge in [-0.25, -0.2) is 22.1 Å². The highest BCUT2D eigenvalue weighted by Gasteiger charge is 2.19. The second-order valence-corrected chi connectivity index (χ2v) is 9.40. The lowest BCUT2D eigenvalue weighted by atomic mass is 10.3. The van der Waals surface area contributed by atoms with E-state index in [1.807, 2.05) is 0 Å². The van der Waals surface area contributed by atoms with Gasteiger partial charge in [0.05, 0.1) is 22.3 Å². The fourth-order valence-electron chi connectivity index (χ4n) is 3.02. The molecule has 0 radical (unpaired) electrons. The van der Waals surface area contributed by atoms with E-state index in [1.165, 1.54) is 44.4 Å². The first-order valence-corrected chi connectivity index (χ1v) is 11.1. The highest BCUT2D eigenvalue weighted by atomic mass is 32.2. The van der Waals surface area contributed by atoms with Crippen molar-refractivity contribution in [2.75, 3.05) is 26.0 Å². The maximum Gasteiger partial charge on any atom is 0.306 e. The van der Waals surface area contributed by atoms with Gasteiger partial charge in [-0.3, -0.25) is 9.59 Å². The van der Waals surface area contributed by atoms with E-state index in [-0.39, 0.29) is 23.4 Å². The Morgan fingerprint density at radius 2 is 1.94 bits per heavy atom. The molecule has 0 saturated carbocycles. The molecule has 9 nitrogen and oxygen atoms in total. The Kier molecular flexibility index (Phi) is 6.90. The molecule has 0 unspecified atom stereocenters. The van der Waals surface area contributed by atoms with Gasteiger partial charge in [0.15, 0.2) is 6.61 Å². The van der Waals surface area contributed by atoms with Crippen LogP contribution in [0.4, 0.5) is 10.1 Å². The maximum atomic E-state index is 13.1. The molecule has 0 atom stereocenters. The molecule has 3 aromatic rings. The molecule has 0 bridgehead atoms. The second kappa shape index (κ2) is 9.45. The minimum atomic E-state index is -3.59. The molecular weight excluding hydrogens is 439 g/mol. The molecule has 11 heteroatoms. The van der Waals surface area contributed by atoms with E-state index in [9.17, 15) is 22.4 Å². The number of nitrogens with one attached hydrogen (secondary N) is 1. The van der Waals surface area contributed by atoms with Gasteiger partial charge in [-0.2, -0.15) is 0 Å². The van der Waals surface area contributed by atoms with Crippen LogP contribution in [-0.4, -0.2) is 54.9 Å². The third kappa shape index (κ3) is 5.29. The van der Waals surface area contributed by atoms with E-state index in [1.54, 1.807) is 17.7 Å². The van der Waals surface area contributed by atoms with Crippen LogP contribution in [0.2, 0.25) is 0 Å². The Morgan fingerprint density at radius 1 is 1.19 bits per heavy atom. The first-order valence-electron chi connectivity index (χ1n) is 9.67. The number of hydrogen-bond acceptors (Lipinski definition) is 6. The summed E-state index contributed by atoms with van der Waals surface area (Å²) in [5, 5.41) is 2.44. The predicted molar refractivity (Wildman–Crippen MR) is 116 cm³/mol. The third-order valence-electron chi connectivity index (χ3n) is 4.75. The Morgan fingerprint density at radius 3 is 2.62 bits per heavy atom. The van der Waals surface area contributed by atoms with E-state index < -0.39 is 34.3 Å². The van der Waals surface area contributed by atoms with Crippen LogP contribution in [0.1, 0.15) is 12.2 Å². The fourth-order valence-corrected chi connectivity index (χ4v) is 3.94. The summed E-state index contributed by atoms with van der Waals surface area (Å²) in [5.74, 6) is -1.10. The van der Waals surface area contributed by atoms with E-state index >= 15 is 0 Å². The van der Waals surface area contributed by atoms with Crippen LogP contribution in [0.5, 0.6) is 0 Å². The van der Waals surface area contributed by atoms with Gasteiger partial charge in [0, 0.05) is 33.3 Å². The number of esters is 1. The summed E-state index contributed by atoms with van der Waals surface area (Å²) in [5.41, 5.74) is 1.48. The number of imidazole rings is 1. The molecule has 0 aliphatic heterocycles. The fraction of sp³-hybridized carbons (Fsp3) is 0.286. The zero-order valence-corrected chi connectivity index (χ0v) is 18.6. The summed E-state index contributed by atoms with van der Waals surface area (Å²) in [7, 11) is 1.08. The van der Waals surface area contributed by atoms with Gasteiger partial charge >= 0.3 is 5.97 Å². The number of carbonyl (C=O) groups excluding carboxylic acids is 2. The van der Waals surface area contributed by atoms with Crippen LogP contribution >= 0.6 is 0 Å². The molecule has 0 spiro atoms. The Labute approximate surface area is 184 Å². The number of hydrogen-bond donors (Lipinski definition) is 1. The van der Waals surface area contributed by atoms with E-state index in [0.29, 0.717) is 11.3 Å². The summed E-state index contributed by atoms with van der Waals surface area (Å²) in [6.45, 7) is -0.496. The van der Waals surface area contributed by atoms with E-state index in [2.05, 4.69) is 10.3 Å². The molecule has 1 aromatic heterocycles. The highest BCUT2D eigenvalue weighted by Crippen LogP contribution is 2.22. The summed E-state index contributed by atoms with van der Waals surface area (Å²) >= 11 is 0. The van der Waals surface area contributed by atoms with Crippen LogP contribution in [0.3, 0.4) is 0 Å².